The second kappa shape index (κ2) is 8.45. The van der Waals surface area contributed by atoms with Crippen molar-refractivity contribution >= 4 is 23.7 Å². The monoisotopic (exact) mass is 382 g/mol. The van der Waals surface area contributed by atoms with Gasteiger partial charge in [0.05, 0.1) is 5.69 Å². The molecule has 0 fully saturated rings. The molecule has 3 amide bonds. The third-order valence-electron chi connectivity index (χ3n) is 3.75. The van der Waals surface area contributed by atoms with Gasteiger partial charge in [-0.1, -0.05) is 59.8 Å². The fourth-order valence-electron chi connectivity index (χ4n) is 2.35. The van der Waals surface area contributed by atoms with Gasteiger partial charge in [0.25, 0.3) is 0 Å². The average Bonchev–Trinajstić information content (AvgIpc) is 3.15. The highest BCUT2D eigenvalue weighted by atomic mass is 32.2. The van der Waals surface area contributed by atoms with Crippen LogP contribution in [-0.4, -0.2) is 39.2 Å². The van der Waals surface area contributed by atoms with Crippen molar-refractivity contribution in [2.75, 3.05) is 7.05 Å². The van der Waals surface area contributed by atoms with Gasteiger partial charge in [-0.15, -0.1) is 5.10 Å². The lowest BCUT2D eigenvalue weighted by atomic mass is 10.1. The number of hydrogen-bond acceptors (Lipinski definition) is 6. The molecule has 3 rings (SSSR count). The summed E-state index contributed by atoms with van der Waals surface area (Å²) in [5, 5.41) is 16.3. The van der Waals surface area contributed by atoms with Crippen molar-refractivity contribution in [1.82, 2.24) is 30.8 Å². The van der Waals surface area contributed by atoms with Crippen LogP contribution in [0.5, 0.6) is 0 Å². The molecule has 1 heterocycles. The highest BCUT2D eigenvalue weighted by molar-refractivity contribution is 8.00. The molecule has 9 heteroatoms. The van der Waals surface area contributed by atoms with Crippen LogP contribution in [0.4, 0.5) is 4.79 Å². The summed E-state index contributed by atoms with van der Waals surface area (Å²) < 4.78 is 1.56. The highest BCUT2D eigenvalue weighted by Gasteiger charge is 2.26. The predicted molar refractivity (Wildman–Crippen MR) is 102 cm³/mol. The number of imide groups is 1. The van der Waals surface area contributed by atoms with Crippen LogP contribution < -0.4 is 10.6 Å². The number of carbonyl (C=O) groups is 2. The number of nitrogens with one attached hydrogen (secondary N) is 2. The number of carbonyl (C=O) groups excluding carboxylic acids is 2. The standard InChI is InChI=1S/C18H18N6O2S/c1-12-8-10-14(11-9-12)24-18(21-22-23-24)27-15(13-6-4-3-5-7-13)16(25)20-17(26)19-2/h3-11,15H,1-2H3,(H2,19,20,25,26). The van der Waals surface area contributed by atoms with Crippen molar-refractivity contribution in [3.05, 3.63) is 65.7 Å². The first kappa shape index (κ1) is 18.6. The van der Waals surface area contributed by atoms with E-state index in [-0.39, 0.29) is 0 Å². The second-order valence-electron chi connectivity index (χ2n) is 5.69. The van der Waals surface area contributed by atoms with Crippen molar-refractivity contribution in [3.63, 3.8) is 0 Å². The maximum Gasteiger partial charge on any atom is 0.321 e. The summed E-state index contributed by atoms with van der Waals surface area (Å²) >= 11 is 1.17. The molecule has 2 aromatic carbocycles. The molecule has 3 aromatic rings. The van der Waals surface area contributed by atoms with E-state index in [1.807, 2.05) is 61.5 Å². The van der Waals surface area contributed by atoms with Gasteiger partial charge in [0.15, 0.2) is 0 Å². The Balaban J connectivity index is 1.91. The molecular weight excluding hydrogens is 364 g/mol. The van der Waals surface area contributed by atoms with Crippen molar-refractivity contribution < 1.29 is 9.59 Å². The fraction of sp³-hybridized carbons (Fsp3) is 0.167. The number of hydrogen-bond donors (Lipinski definition) is 2. The molecule has 27 heavy (non-hydrogen) atoms. The zero-order valence-corrected chi connectivity index (χ0v) is 15.6. The van der Waals surface area contributed by atoms with Gasteiger partial charge in [0.2, 0.25) is 11.1 Å². The molecule has 0 aliphatic carbocycles. The summed E-state index contributed by atoms with van der Waals surface area (Å²) in [5.41, 5.74) is 2.64. The smallest absolute Gasteiger partial charge is 0.321 e. The van der Waals surface area contributed by atoms with Crippen molar-refractivity contribution in [3.8, 4) is 5.69 Å². The number of urea groups is 1. The van der Waals surface area contributed by atoms with E-state index >= 15 is 0 Å². The topological polar surface area (TPSA) is 102 Å². The molecule has 0 bridgehead atoms. The van der Waals surface area contributed by atoms with Gasteiger partial charge in [-0.05, 0) is 35.0 Å². The molecule has 1 unspecified atom stereocenters. The van der Waals surface area contributed by atoms with Crippen LogP contribution in [0, 0.1) is 6.92 Å². The van der Waals surface area contributed by atoms with E-state index in [0.717, 1.165) is 16.8 Å². The molecule has 8 nitrogen and oxygen atoms in total. The second-order valence-corrected chi connectivity index (χ2v) is 6.76. The quantitative estimate of drug-likeness (QED) is 0.657. The summed E-state index contributed by atoms with van der Waals surface area (Å²) in [7, 11) is 1.45. The number of aromatic nitrogens is 4. The molecule has 0 radical (unpaired) electrons. The van der Waals surface area contributed by atoms with E-state index in [2.05, 4.69) is 26.2 Å². The lowest BCUT2D eigenvalue weighted by molar-refractivity contribution is -0.119. The Hall–Kier alpha value is -3.20. The van der Waals surface area contributed by atoms with Gasteiger partial charge >= 0.3 is 6.03 Å². The zero-order chi connectivity index (χ0) is 19.2. The van der Waals surface area contributed by atoms with E-state index in [0.29, 0.717) is 5.16 Å². The third-order valence-corrected chi connectivity index (χ3v) is 4.93. The Morgan fingerprint density at radius 2 is 1.78 bits per heavy atom. The summed E-state index contributed by atoms with van der Waals surface area (Å²) in [4.78, 5) is 24.2. The van der Waals surface area contributed by atoms with Gasteiger partial charge in [-0.3, -0.25) is 10.1 Å². The number of nitrogens with zero attached hydrogens (tertiary/aromatic N) is 4. The van der Waals surface area contributed by atoms with Crippen LogP contribution in [0.25, 0.3) is 5.69 Å². The van der Waals surface area contributed by atoms with Crippen LogP contribution in [0.3, 0.4) is 0 Å². The van der Waals surface area contributed by atoms with Crippen LogP contribution in [0.1, 0.15) is 16.4 Å². The molecule has 0 saturated carbocycles. The number of aryl methyl sites for hydroxylation is 1. The maximum atomic E-state index is 12.7. The Bertz CT molecular complexity index is 927. The largest absolute Gasteiger partial charge is 0.341 e. The number of rotatable bonds is 5. The summed E-state index contributed by atoms with van der Waals surface area (Å²) in [6, 6.07) is 16.3. The Kier molecular flexibility index (Phi) is 5.82. The number of tetrazole rings is 1. The number of thioether (sulfide) groups is 1. The van der Waals surface area contributed by atoms with Gasteiger partial charge in [-0.25, -0.2) is 4.79 Å². The van der Waals surface area contributed by atoms with Crippen LogP contribution in [0.15, 0.2) is 59.8 Å². The van der Waals surface area contributed by atoms with E-state index in [1.54, 1.807) is 4.68 Å². The molecular formula is C18H18N6O2S. The maximum absolute atomic E-state index is 12.7. The summed E-state index contributed by atoms with van der Waals surface area (Å²) in [6.07, 6.45) is 0. The Labute approximate surface area is 160 Å². The van der Waals surface area contributed by atoms with E-state index < -0.39 is 17.2 Å². The van der Waals surface area contributed by atoms with Crippen LogP contribution >= 0.6 is 11.8 Å². The van der Waals surface area contributed by atoms with Gasteiger partial charge < -0.3 is 5.32 Å². The molecule has 1 aromatic heterocycles. The molecule has 2 N–H and O–H groups in total. The lowest BCUT2D eigenvalue weighted by Gasteiger charge is -2.15. The van der Waals surface area contributed by atoms with Crippen LogP contribution in [0.2, 0.25) is 0 Å². The van der Waals surface area contributed by atoms with E-state index in [4.69, 9.17) is 0 Å². The minimum atomic E-state index is -0.696. The predicted octanol–water partition coefficient (Wildman–Crippen LogP) is 2.26. The first-order valence-electron chi connectivity index (χ1n) is 8.18. The number of benzene rings is 2. The third kappa shape index (κ3) is 4.50. The molecule has 0 spiro atoms. The van der Waals surface area contributed by atoms with Gasteiger partial charge in [-0.2, -0.15) is 4.68 Å². The van der Waals surface area contributed by atoms with E-state index in [1.165, 1.54) is 18.8 Å². The molecule has 0 aliphatic heterocycles. The SMILES string of the molecule is CNC(=O)NC(=O)C(Sc1nnnn1-c1ccc(C)cc1)c1ccccc1. The minimum Gasteiger partial charge on any atom is -0.341 e. The normalized spacial score (nSPS) is 11.6. The average molecular weight is 382 g/mol. The Morgan fingerprint density at radius 1 is 1.07 bits per heavy atom. The van der Waals surface area contributed by atoms with Crippen molar-refractivity contribution in [2.24, 2.45) is 0 Å². The Morgan fingerprint density at radius 3 is 2.44 bits per heavy atom. The van der Waals surface area contributed by atoms with Crippen molar-refractivity contribution in [2.45, 2.75) is 17.3 Å². The zero-order valence-electron chi connectivity index (χ0n) is 14.8. The molecule has 0 saturated heterocycles. The van der Waals surface area contributed by atoms with Gasteiger partial charge in [0.1, 0.15) is 5.25 Å². The molecule has 0 aliphatic rings. The highest BCUT2D eigenvalue weighted by Crippen LogP contribution is 2.34. The first-order valence-corrected chi connectivity index (χ1v) is 9.06. The van der Waals surface area contributed by atoms with E-state index in [9.17, 15) is 9.59 Å². The van der Waals surface area contributed by atoms with Gasteiger partial charge in [0, 0.05) is 7.05 Å². The van der Waals surface area contributed by atoms with Crippen molar-refractivity contribution in [1.29, 1.82) is 0 Å². The molecule has 1 atom stereocenters. The summed E-state index contributed by atoms with van der Waals surface area (Å²) in [6.45, 7) is 1.99. The summed E-state index contributed by atoms with van der Waals surface area (Å²) in [5.74, 6) is -0.455. The minimum absolute atomic E-state index is 0.444. The lowest BCUT2D eigenvalue weighted by Crippen LogP contribution is -2.39. The number of amides is 3. The fourth-order valence-corrected chi connectivity index (χ4v) is 3.34. The first-order chi connectivity index (χ1) is 13.1. The molecule has 138 valence electrons. The van der Waals surface area contributed by atoms with Crippen LogP contribution in [-0.2, 0) is 4.79 Å².